The standard InChI is InChI=1S/C35H33Cl2N7O3S/c1-19-14-31(43-41-27-7-9-29(36)21(3)13-27)22(4)11-25(19)16-34-38-24(6)39-35(40-34)17-26-12-23(5)32(15-20(26)2)44-42-28-8-10-30(37)33(18-28)48(45,46)47/h7-15,18H,16-17H2,1-6H3,(H,45,46,47). The van der Waals surface area contributed by atoms with Crippen molar-refractivity contribution in [2.75, 3.05) is 0 Å². The number of hydrogen-bond donors (Lipinski definition) is 1. The van der Waals surface area contributed by atoms with Crippen molar-refractivity contribution in [1.82, 2.24) is 15.0 Å². The summed E-state index contributed by atoms with van der Waals surface area (Å²) >= 11 is 12.0. The number of nitrogens with zero attached hydrogens (tertiary/aromatic N) is 7. The lowest BCUT2D eigenvalue weighted by Crippen LogP contribution is -2.08. The van der Waals surface area contributed by atoms with Crippen LogP contribution >= 0.6 is 23.2 Å². The van der Waals surface area contributed by atoms with Crippen molar-refractivity contribution in [2.45, 2.75) is 59.3 Å². The summed E-state index contributed by atoms with van der Waals surface area (Å²) in [5, 5.41) is 18.0. The van der Waals surface area contributed by atoms with Crippen molar-refractivity contribution >= 4 is 56.1 Å². The van der Waals surface area contributed by atoms with Gasteiger partial charge in [0.1, 0.15) is 22.4 Å². The molecule has 0 spiro atoms. The summed E-state index contributed by atoms with van der Waals surface area (Å²) in [5.74, 6) is 1.98. The van der Waals surface area contributed by atoms with Gasteiger partial charge in [0.15, 0.2) is 0 Å². The Bertz CT molecular complexity index is 2220. The molecule has 48 heavy (non-hydrogen) atoms. The molecule has 10 nitrogen and oxygen atoms in total. The van der Waals surface area contributed by atoms with E-state index in [9.17, 15) is 13.0 Å². The molecule has 4 aromatic carbocycles. The molecule has 0 aliphatic rings. The van der Waals surface area contributed by atoms with E-state index in [-0.39, 0.29) is 10.7 Å². The number of aryl methyl sites for hydroxylation is 6. The SMILES string of the molecule is Cc1nc(Cc2cc(C)c(N=Nc3ccc(Cl)c(C)c3)cc2C)nc(Cc2cc(C)c(N=Nc3ccc(Cl)c(S(=O)(=O)O)c3)cc2C)n1. The number of benzene rings is 4. The van der Waals surface area contributed by atoms with Crippen LogP contribution in [0.4, 0.5) is 22.7 Å². The molecule has 1 heterocycles. The van der Waals surface area contributed by atoms with E-state index in [0.717, 1.165) is 50.3 Å². The highest BCUT2D eigenvalue weighted by Gasteiger charge is 2.16. The first-order valence-electron chi connectivity index (χ1n) is 14.9. The Morgan fingerprint density at radius 1 is 0.583 bits per heavy atom. The van der Waals surface area contributed by atoms with Gasteiger partial charge in [-0.2, -0.15) is 28.9 Å². The van der Waals surface area contributed by atoms with Crippen LogP contribution in [-0.4, -0.2) is 27.9 Å². The molecule has 1 N–H and O–H groups in total. The van der Waals surface area contributed by atoms with Gasteiger partial charge in [-0.1, -0.05) is 35.3 Å². The van der Waals surface area contributed by atoms with Crippen molar-refractivity contribution in [3.05, 3.63) is 127 Å². The smallest absolute Gasteiger partial charge is 0.282 e. The Labute approximate surface area is 289 Å². The van der Waals surface area contributed by atoms with Gasteiger partial charge in [-0.25, -0.2) is 15.0 Å². The number of rotatable bonds is 9. The number of hydrogen-bond acceptors (Lipinski definition) is 9. The molecule has 0 atom stereocenters. The average molecular weight is 703 g/mol. The van der Waals surface area contributed by atoms with Crippen molar-refractivity contribution in [2.24, 2.45) is 20.5 Å². The molecule has 1 aromatic heterocycles. The highest BCUT2D eigenvalue weighted by atomic mass is 35.5. The monoisotopic (exact) mass is 701 g/mol. The summed E-state index contributed by atoms with van der Waals surface area (Å²) in [4.78, 5) is 13.6. The lowest BCUT2D eigenvalue weighted by molar-refractivity contribution is 0.483. The van der Waals surface area contributed by atoms with E-state index in [1.165, 1.54) is 18.2 Å². The average Bonchev–Trinajstić information content (AvgIpc) is 3.00. The molecule has 0 fully saturated rings. The second-order valence-corrected chi connectivity index (χ2v) is 13.8. The summed E-state index contributed by atoms with van der Waals surface area (Å²) < 4.78 is 32.6. The van der Waals surface area contributed by atoms with Crippen LogP contribution in [0.1, 0.15) is 56.4 Å². The van der Waals surface area contributed by atoms with Gasteiger partial charge >= 0.3 is 0 Å². The minimum absolute atomic E-state index is 0.101. The van der Waals surface area contributed by atoms with Crippen LogP contribution in [0.15, 0.2) is 86.0 Å². The lowest BCUT2D eigenvalue weighted by Gasteiger charge is -2.12. The van der Waals surface area contributed by atoms with Gasteiger partial charge in [-0.3, -0.25) is 4.55 Å². The maximum absolute atomic E-state index is 11.6. The number of aromatic nitrogens is 3. The van der Waals surface area contributed by atoms with E-state index in [1.54, 1.807) is 0 Å². The molecule has 0 bridgehead atoms. The van der Waals surface area contributed by atoms with Gasteiger partial charge in [0.05, 0.1) is 27.8 Å². The molecule has 5 rings (SSSR count). The summed E-state index contributed by atoms with van der Waals surface area (Å²) in [6.45, 7) is 11.7. The van der Waals surface area contributed by atoms with Gasteiger partial charge in [0, 0.05) is 17.9 Å². The Kier molecular flexibility index (Phi) is 10.4. The molecule has 0 radical (unpaired) electrons. The summed E-state index contributed by atoms with van der Waals surface area (Å²) in [5.41, 5.74) is 9.34. The van der Waals surface area contributed by atoms with Crippen LogP contribution in [0, 0.1) is 41.5 Å². The lowest BCUT2D eigenvalue weighted by atomic mass is 10.0. The third kappa shape index (κ3) is 8.53. The maximum Gasteiger partial charge on any atom is 0.296 e. The van der Waals surface area contributed by atoms with E-state index in [0.29, 0.717) is 41.0 Å². The van der Waals surface area contributed by atoms with Crippen LogP contribution in [0.25, 0.3) is 0 Å². The van der Waals surface area contributed by atoms with E-state index in [1.807, 2.05) is 77.9 Å². The summed E-state index contributed by atoms with van der Waals surface area (Å²) in [7, 11) is -4.49. The minimum atomic E-state index is -4.49. The Hall–Kier alpha value is -4.42. The fourth-order valence-electron chi connectivity index (χ4n) is 5.08. The zero-order valence-corrected chi connectivity index (χ0v) is 29.6. The molecular weight excluding hydrogens is 669 g/mol. The number of azo groups is 2. The fraction of sp³-hybridized carbons (Fsp3) is 0.229. The topological polar surface area (TPSA) is 142 Å². The highest BCUT2D eigenvalue weighted by Crippen LogP contribution is 2.31. The fourth-order valence-corrected chi connectivity index (χ4v) is 6.19. The quantitative estimate of drug-likeness (QED) is 0.120. The molecule has 13 heteroatoms. The molecule has 0 amide bonds. The molecule has 0 saturated carbocycles. The largest absolute Gasteiger partial charge is 0.296 e. The van der Waals surface area contributed by atoms with Crippen LogP contribution in [-0.2, 0) is 23.0 Å². The first kappa shape index (κ1) is 34.9. The highest BCUT2D eigenvalue weighted by molar-refractivity contribution is 7.86. The Morgan fingerprint density at radius 3 is 1.54 bits per heavy atom. The van der Waals surface area contributed by atoms with Crippen LogP contribution in [0.5, 0.6) is 0 Å². The first-order valence-corrected chi connectivity index (χ1v) is 17.1. The molecule has 246 valence electrons. The van der Waals surface area contributed by atoms with Crippen LogP contribution < -0.4 is 0 Å². The first-order chi connectivity index (χ1) is 22.7. The normalized spacial score (nSPS) is 12.0. The second-order valence-electron chi connectivity index (χ2n) is 11.6. The van der Waals surface area contributed by atoms with Crippen molar-refractivity contribution in [1.29, 1.82) is 0 Å². The van der Waals surface area contributed by atoms with E-state index in [2.05, 4.69) is 36.5 Å². The van der Waals surface area contributed by atoms with E-state index >= 15 is 0 Å². The predicted octanol–water partition coefficient (Wildman–Crippen LogP) is 10.3. The second kappa shape index (κ2) is 14.4. The minimum Gasteiger partial charge on any atom is -0.282 e. The third-order valence-electron chi connectivity index (χ3n) is 7.73. The number of halogens is 2. The zero-order chi connectivity index (χ0) is 34.7. The van der Waals surface area contributed by atoms with Crippen molar-refractivity contribution in [3.63, 3.8) is 0 Å². The van der Waals surface area contributed by atoms with Crippen molar-refractivity contribution in [3.8, 4) is 0 Å². The predicted molar refractivity (Wildman–Crippen MR) is 188 cm³/mol. The van der Waals surface area contributed by atoms with Crippen LogP contribution in [0.3, 0.4) is 0 Å². The van der Waals surface area contributed by atoms with Gasteiger partial charge in [0.2, 0.25) is 0 Å². The summed E-state index contributed by atoms with van der Waals surface area (Å²) in [6, 6.07) is 17.6. The molecule has 0 aliphatic carbocycles. The zero-order valence-electron chi connectivity index (χ0n) is 27.2. The Balaban J connectivity index is 1.33. The molecule has 5 aromatic rings. The summed E-state index contributed by atoms with van der Waals surface area (Å²) in [6.07, 6.45) is 1.04. The van der Waals surface area contributed by atoms with Crippen LogP contribution in [0.2, 0.25) is 10.0 Å². The molecule has 0 saturated heterocycles. The molecule has 0 unspecified atom stereocenters. The van der Waals surface area contributed by atoms with E-state index < -0.39 is 15.0 Å². The van der Waals surface area contributed by atoms with Crippen molar-refractivity contribution < 1.29 is 13.0 Å². The molecular formula is C35H33Cl2N7O3S. The molecule has 0 aliphatic heterocycles. The van der Waals surface area contributed by atoms with Gasteiger partial charge in [-0.15, -0.1) is 0 Å². The van der Waals surface area contributed by atoms with Gasteiger partial charge in [0.25, 0.3) is 10.1 Å². The van der Waals surface area contributed by atoms with E-state index in [4.69, 9.17) is 28.2 Å². The van der Waals surface area contributed by atoms with Gasteiger partial charge < -0.3 is 0 Å². The maximum atomic E-state index is 11.6. The Morgan fingerprint density at radius 2 is 1.06 bits per heavy atom. The van der Waals surface area contributed by atoms with Gasteiger partial charge in [-0.05, 0) is 129 Å². The third-order valence-corrected chi connectivity index (χ3v) is 9.49.